The third-order valence-electron chi connectivity index (χ3n) is 3.71. The van der Waals surface area contributed by atoms with Gasteiger partial charge in [0.2, 0.25) is 0 Å². The Morgan fingerprint density at radius 1 is 1.32 bits per heavy atom. The first kappa shape index (κ1) is 14.7. The van der Waals surface area contributed by atoms with E-state index in [2.05, 4.69) is 61.7 Å². The van der Waals surface area contributed by atoms with Crippen LogP contribution in [-0.2, 0) is 6.42 Å². The number of rotatable bonds is 3. The molecule has 1 atom stereocenters. The van der Waals surface area contributed by atoms with Crippen molar-refractivity contribution < 1.29 is 0 Å². The lowest BCUT2D eigenvalue weighted by Crippen LogP contribution is -2.29. The Balaban J connectivity index is 2.17. The number of nitrogens with two attached hydrogens (primary N) is 1. The normalized spacial score (nSPS) is 20.9. The monoisotopic (exact) mass is 278 g/mol. The molecule has 1 heterocycles. The van der Waals surface area contributed by atoms with Crippen LogP contribution in [0.25, 0.3) is 0 Å². The molecule has 0 bridgehead atoms. The zero-order valence-electron chi connectivity index (χ0n) is 12.4. The van der Waals surface area contributed by atoms with Crippen LogP contribution in [0.15, 0.2) is 24.3 Å². The van der Waals surface area contributed by atoms with E-state index >= 15 is 0 Å². The highest BCUT2D eigenvalue weighted by atomic mass is 32.2. The summed E-state index contributed by atoms with van der Waals surface area (Å²) in [4.78, 5) is 2.54. The van der Waals surface area contributed by atoms with Gasteiger partial charge in [-0.1, -0.05) is 32.0 Å². The summed E-state index contributed by atoms with van der Waals surface area (Å²) in [6.07, 6.45) is 2.20. The SMILES string of the molecule is CC(N)Cc1ccccc1N1CCSC(C)(C)CC1. The van der Waals surface area contributed by atoms with Crippen molar-refractivity contribution in [2.45, 2.75) is 44.4 Å². The summed E-state index contributed by atoms with van der Waals surface area (Å²) < 4.78 is 0.408. The maximum Gasteiger partial charge on any atom is 0.0399 e. The first-order valence-electron chi connectivity index (χ1n) is 7.20. The van der Waals surface area contributed by atoms with Gasteiger partial charge in [0.25, 0.3) is 0 Å². The average molecular weight is 278 g/mol. The van der Waals surface area contributed by atoms with Crippen molar-refractivity contribution in [2.24, 2.45) is 5.73 Å². The third-order valence-corrected chi connectivity index (χ3v) is 5.08. The second kappa shape index (κ2) is 6.19. The summed E-state index contributed by atoms with van der Waals surface area (Å²) >= 11 is 2.09. The molecule has 0 aliphatic carbocycles. The average Bonchev–Trinajstić information content (AvgIpc) is 2.50. The molecule has 2 nitrogen and oxygen atoms in total. The molecular weight excluding hydrogens is 252 g/mol. The highest BCUT2D eigenvalue weighted by Gasteiger charge is 2.24. The minimum Gasteiger partial charge on any atom is -0.370 e. The lowest BCUT2D eigenvalue weighted by Gasteiger charge is -2.27. The van der Waals surface area contributed by atoms with Crippen molar-refractivity contribution in [3.8, 4) is 0 Å². The molecule has 106 valence electrons. The van der Waals surface area contributed by atoms with Crippen LogP contribution in [-0.4, -0.2) is 29.6 Å². The summed E-state index contributed by atoms with van der Waals surface area (Å²) in [6.45, 7) is 9.09. The zero-order valence-corrected chi connectivity index (χ0v) is 13.2. The molecule has 2 N–H and O–H groups in total. The van der Waals surface area contributed by atoms with Gasteiger partial charge >= 0.3 is 0 Å². The summed E-state index contributed by atoms with van der Waals surface area (Å²) in [6, 6.07) is 8.96. The fraction of sp³-hybridized carbons (Fsp3) is 0.625. The summed E-state index contributed by atoms with van der Waals surface area (Å²) in [5, 5.41) is 0. The zero-order chi connectivity index (χ0) is 13.9. The van der Waals surface area contributed by atoms with E-state index in [1.165, 1.54) is 23.4 Å². The van der Waals surface area contributed by atoms with Gasteiger partial charge < -0.3 is 10.6 Å². The molecule has 1 fully saturated rings. The molecule has 1 aromatic carbocycles. The fourth-order valence-electron chi connectivity index (χ4n) is 2.60. The topological polar surface area (TPSA) is 29.3 Å². The van der Waals surface area contributed by atoms with E-state index in [-0.39, 0.29) is 6.04 Å². The van der Waals surface area contributed by atoms with Crippen LogP contribution < -0.4 is 10.6 Å². The highest BCUT2D eigenvalue weighted by molar-refractivity contribution is 8.00. The van der Waals surface area contributed by atoms with Gasteiger partial charge in [-0.2, -0.15) is 11.8 Å². The maximum absolute atomic E-state index is 5.97. The van der Waals surface area contributed by atoms with E-state index < -0.39 is 0 Å². The largest absolute Gasteiger partial charge is 0.370 e. The standard InChI is InChI=1S/C16H26N2S/c1-13(17)12-14-6-4-5-7-15(14)18-9-8-16(2,3)19-11-10-18/h4-7,13H,8-12,17H2,1-3H3. The predicted octanol–water partition coefficient (Wildman–Crippen LogP) is 3.30. The Hall–Kier alpha value is -0.670. The molecule has 1 aliphatic heterocycles. The summed E-state index contributed by atoms with van der Waals surface area (Å²) in [5.74, 6) is 1.21. The highest BCUT2D eigenvalue weighted by Crippen LogP contribution is 2.33. The molecule has 0 spiro atoms. The van der Waals surface area contributed by atoms with E-state index in [4.69, 9.17) is 5.73 Å². The molecule has 1 aliphatic rings. The van der Waals surface area contributed by atoms with Crippen molar-refractivity contribution in [2.75, 3.05) is 23.7 Å². The lowest BCUT2D eigenvalue weighted by atomic mass is 10.0. The van der Waals surface area contributed by atoms with Gasteiger partial charge in [0, 0.05) is 35.3 Å². The van der Waals surface area contributed by atoms with Gasteiger partial charge in [-0.3, -0.25) is 0 Å². The van der Waals surface area contributed by atoms with Gasteiger partial charge in [-0.15, -0.1) is 0 Å². The third kappa shape index (κ3) is 4.15. The van der Waals surface area contributed by atoms with Crippen LogP contribution in [0.3, 0.4) is 0 Å². The van der Waals surface area contributed by atoms with Gasteiger partial charge in [-0.25, -0.2) is 0 Å². The molecule has 19 heavy (non-hydrogen) atoms. The van der Waals surface area contributed by atoms with Crippen molar-refractivity contribution in [3.05, 3.63) is 29.8 Å². The molecule has 0 amide bonds. The van der Waals surface area contributed by atoms with Crippen LogP contribution >= 0.6 is 11.8 Å². The first-order valence-corrected chi connectivity index (χ1v) is 8.19. The Morgan fingerprint density at radius 2 is 2.05 bits per heavy atom. The van der Waals surface area contributed by atoms with Crippen LogP contribution in [0.5, 0.6) is 0 Å². The van der Waals surface area contributed by atoms with E-state index in [0.29, 0.717) is 4.75 Å². The quantitative estimate of drug-likeness (QED) is 0.920. The Labute approximate surface area is 121 Å². The number of benzene rings is 1. The van der Waals surface area contributed by atoms with E-state index in [9.17, 15) is 0 Å². The minimum absolute atomic E-state index is 0.221. The van der Waals surface area contributed by atoms with Crippen LogP contribution in [0.2, 0.25) is 0 Å². The molecule has 1 saturated heterocycles. The van der Waals surface area contributed by atoms with E-state index in [0.717, 1.165) is 19.5 Å². The smallest absolute Gasteiger partial charge is 0.0399 e. The van der Waals surface area contributed by atoms with Crippen LogP contribution in [0.1, 0.15) is 32.8 Å². The fourth-order valence-corrected chi connectivity index (χ4v) is 3.70. The Kier molecular flexibility index (Phi) is 4.80. The minimum atomic E-state index is 0.221. The van der Waals surface area contributed by atoms with Gasteiger partial charge in [0.15, 0.2) is 0 Å². The van der Waals surface area contributed by atoms with Crippen molar-refractivity contribution in [3.63, 3.8) is 0 Å². The van der Waals surface area contributed by atoms with Gasteiger partial charge in [-0.05, 0) is 31.4 Å². The Bertz CT molecular complexity index is 415. The molecule has 0 radical (unpaired) electrons. The predicted molar refractivity (Wildman–Crippen MR) is 87.2 cm³/mol. The van der Waals surface area contributed by atoms with Gasteiger partial charge in [0.1, 0.15) is 0 Å². The van der Waals surface area contributed by atoms with E-state index in [1.807, 2.05) is 0 Å². The number of anilines is 1. The molecule has 2 rings (SSSR count). The summed E-state index contributed by atoms with van der Waals surface area (Å²) in [5.41, 5.74) is 8.75. The number of nitrogens with zero attached hydrogens (tertiary/aromatic N) is 1. The number of hydrogen-bond acceptors (Lipinski definition) is 3. The van der Waals surface area contributed by atoms with Crippen LogP contribution in [0, 0.1) is 0 Å². The Morgan fingerprint density at radius 3 is 2.79 bits per heavy atom. The number of hydrogen-bond donors (Lipinski definition) is 1. The maximum atomic E-state index is 5.97. The van der Waals surface area contributed by atoms with Crippen molar-refractivity contribution >= 4 is 17.4 Å². The number of para-hydroxylation sites is 1. The molecule has 1 aromatic rings. The number of thioether (sulfide) groups is 1. The second-order valence-electron chi connectivity index (χ2n) is 6.16. The lowest BCUT2D eigenvalue weighted by molar-refractivity contribution is 0.635. The first-order chi connectivity index (χ1) is 8.98. The van der Waals surface area contributed by atoms with Crippen LogP contribution in [0.4, 0.5) is 5.69 Å². The molecule has 3 heteroatoms. The molecule has 0 aromatic heterocycles. The van der Waals surface area contributed by atoms with Gasteiger partial charge in [0.05, 0.1) is 0 Å². The van der Waals surface area contributed by atoms with Crippen molar-refractivity contribution in [1.29, 1.82) is 0 Å². The second-order valence-corrected chi connectivity index (χ2v) is 7.96. The molecule has 1 unspecified atom stereocenters. The molecule has 0 saturated carbocycles. The molecular formula is C16H26N2S. The summed E-state index contributed by atoms with van der Waals surface area (Å²) in [7, 11) is 0. The van der Waals surface area contributed by atoms with E-state index in [1.54, 1.807) is 0 Å². The van der Waals surface area contributed by atoms with Crippen molar-refractivity contribution in [1.82, 2.24) is 0 Å².